The van der Waals surface area contributed by atoms with Crippen LogP contribution < -0.4 is 10.6 Å². The van der Waals surface area contributed by atoms with Crippen molar-refractivity contribution in [3.63, 3.8) is 0 Å². The Morgan fingerprint density at radius 3 is 2.26 bits per heavy atom. The third-order valence-corrected chi connectivity index (χ3v) is 3.65. The van der Waals surface area contributed by atoms with Gasteiger partial charge in [0.1, 0.15) is 0 Å². The lowest BCUT2D eigenvalue weighted by atomic mass is 10.1. The first-order valence-electron chi connectivity index (χ1n) is 7.85. The molecule has 23 heavy (non-hydrogen) atoms. The van der Waals surface area contributed by atoms with E-state index in [1.807, 2.05) is 50.2 Å². The molecule has 1 amide bonds. The van der Waals surface area contributed by atoms with Crippen molar-refractivity contribution in [1.82, 2.24) is 5.32 Å². The molecule has 0 bridgehead atoms. The molecular weight excluding hydrogens is 284 g/mol. The molecule has 0 heterocycles. The quantitative estimate of drug-likeness (QED) is 0.849. The Morgan fingerprint density at radius 2 is 1.61 bits per heavy atom. The van der Waals surface area contributed by atoms with Crippen molar-refractivity contribution in [3.8, 4) is 0 Å². The highest BCUT2D eigenvalue weighted by Crippen LogP contribution is 2.18. The lowest BCUT2D eigenvalue weighted by Crippen LogP contribution is -2.29. The third-order valence-electron chi connectivity index (χ3n) is 3.65. The minimum absolute atomic E-state index is 0.0186. The van der Waals surface area contributed by atoms with E-state index in [1.54, 1.807) is 0 Å². The van der Waals surface area contributed by atoms with Crippen molar-refractivity contribution in [2.45, 2.75) is 20.8 Å². The molecule has 0 unspecified atom stereocenters. The molecule has 0 saturated heterocycles. The summed E-state index contributed by atoms with van der Waals surface area (Å²) in [6.07, 6.45) is 2.12. The Bertz CT molecular complexity index is 670. The van der Waals surface area contributed by atoms with Crippen LogP contribution in [0.3, 0.4) is 0 Å². The second-order valence-electron chi connectivity index (χ2n) is 5.82. The Labute approximate surface area is 138 Å². The van der Waals surface area contributed by atoms with E-state index in [9.17, 15) is 4.79 Å². The number of hydrogen-bond donors (Lipinski definition) is 2. The van der Waals surface area contributed by atoms with Gasteiger partial charge in [-0.1, -0.05) is 60.2 Å². The molecule has 0 aliphatic rings. The summed E-state index contributed by atoms with van der Waals surface area (Å²) in [5.74, 6) is -0.0186. The van der Waals surface area contributed by atoms with Crippen molar-refractivity contribution in [3.05, 3.63) is 70.8 Å². The Morgan fingerprint density at radius 1 is 0.957 bits per heavy atom. The van der Waals surface area contributed by atoms with Gasteiger partial charge in [0, 0.05) is 12.2 Å². The van der Waals surface area contributed by atoms with E-state index in [4.69, 9.17) is 0 Å². The molecule has 3 heteroatoms. The fourth-order valence-corrected chi connectivity index (χ4v) is 2.45. The fourth-order valence-electron chi connectivity index (χ4n) is 2.45. The van der Waals surface area contributed by atoms with Gasteiger partial charge in [0.05, 0.1) is 6.54 Å². The van der Waals surface area contributed by atoms with Crippen LogP contribution in [0.2, 0.25) is 0 Å². The number of aryl methyl sites for hydroxylation is 2. The van der Waals surface area contributed by atoms with Crippen molar-refractivity contribution in [1.29, 1.82) is 0 Å². The zero-order valence-corrected chi connectivity index (χ0v) is 14.0. The lowest BCUT2D eigenvalue weighted by molar-refractivity contribution is -0.115. The average molecular weight is 308 g/mol. The number of nitrogens with one attached hydrogen (secondary N) is 2. The van der Waals surface area contributed by atoms with E-state index in [2.05, 4.69) is 35.8 Å². The molecule has 120 valence electrons. The molecule has 0 saturated carbocycles. The second-order valence-corrected chi connectivity index (χ2v) is 5.82. The maximum atomic E-state index is 12.1. The number of rotatable bonds is 6. The number of amides is 1. The molecule has 0 aromatic heterocycles. The van der Waals surface area contributed by atoms with Gasteiger partial charge in [-0.25, -0.2) is 0 Å². The Balaban J connectivity index is 1.82. The molecule has 0 atom stereocenters. The predicted octanol–water partition coefficient (Wildman–Crippen LogP) is 3.94. The van der Waals surface area contributed by atoms with Crippen LogP contribution in [0.1, 0.15) is 23.6 Å². The fraction of sp³-hybridized carbons (Fsp3) is 0.250. The standard InChI is InChI=1S/C20H24N2O/c1-15(12-18-10-5-4-6-11-18)13-21-14-19(23)22-20-16(2)8-7-9-17(20)3/h4-12,21H,13-14H2,1-3H3,(H,22,23)/b15-12-. The molecule has 2 aromatic carbocycles. The van der Waals surface area contributed by atoms with Crippen LogP contribution in [0.25, 0.3) is 6.08 Å². The minimum Gasteiger partial charge on any atom is -0.324 e. The number of carbonyl (C=O) groups is 1. The molecule has 0 radical (unpaired) electrons. The van der Waals surface area contributed by atoms with E-state index in [1.165, 1.54) is 11.1 Å². The lowest BCUT2D eigenvalue weighted by Gasteiger charge is -2.12. The van der Waals surface area contributed by atoms with Crippen LogP contribution in [0, 0.1) is 13.8 Å². The largest absolute Gasteiger partial charge is 0.324 e. The van der Waals surface area contributed by atoms with E-state index in [-0.39, 0.29) is 5.91 Å². The van der Waals surface area contributed by atoms with Gasteiger partial charge in [-0.05, 0) is 37.5 Å². The second kappa shape index (κ2) is 8.30. The van der Waals surface area contributed by atoms with Gasteiger partial charge in [0.15, 0.2) is 0 Å². The Kier molecular flexibility index (Phi) is 6.12. The van der Waals surface area contributed by atoms with Gasteiger partial charge in [-0.3, -0.25) is 4.79 Å². The summed E-state index contributed by atoms with van der Waals surface area (Å²) in [5.41, 5.74) is 5.44. The first-order valence-corrected chi connectivity index (χ1v) is 7.85. The molecule has 3 nitrogen and oxygen atoms in total. The third kappa shape index (κ3) is 5.38. The number of hydrogen-bond acceptors (Lipinski definition) is 2. The van der Waals surface area contributed by atoms with Crippen molar-refractivity contribution >= 4 is 17.7 Å². The van der Waals surface area contributed by atoms with Gasteiger partial charge in [-0.15, -0.1) is 0 Å². The van der Waals surface area contributed by atoms with E-state index in [0.717, 1.165) is 16.8 Å². The molecule has 0 aliphatic carbocycles. The maximum absolute atomic E-state index is 12.1. The highest BCUT2D eigenvalue weighted by molar-refractivity contribution is 5.93. The van der Waals surface area contributed by atoms with Crippen LogP contribution in [0.5, 0.6) is 0 Å². The molecule has 0 aliphatic heterocycles. The molecule has 2 N–H and O–H groups in total. The van der Waals surface area contributed by atoms with Crippen LogP contribution in [0.15, 0.2) is 54.1 Å². The average Bonchev–Trinajstić information content (AvgIpc) is 2.52. The molecule has 2 rings (SSSR count). The number of para-hydroxylation sites is 1. The molecule has 0 fully saturated rings. The van der Waals surface area contributed by atoms with Crippen LogP contribution in [-0.4, -0.2) is 19.0 Å². The highest BCUT2D eigenvalue weighted by Gasteiger charge is 2.06. The van der Waals surface area contributed by atoms with Gasteiger partial charge in [-0.2, -0.15) is 0 Å². The minimum atomic E-state index is -0.0186. The van der Waals surface area contributed by atoms with Crippen LogP contribution in [0.4, 0.5) is 5.69 Å². The molecule has 0 spiro atoms. The molecular formula is C20H24N2O. The summed E-state index contributed by atoms with van der Waals surface area (Å²) >= 11 is 0. The van der Waals surface area contributed by atoms with Crippen molar-refractivity contribution in [2.24, 2.45) is 0 Å². The summed E-state index contributed by atoms with van der Waals surface area (Å²) in [7, 11) is 0. The highest BCUT2D eigenvalue weighted by atomic mass is 16.1. The summed E-state index contributed by atoms with van der Waals surface area (Å²) in [5, 5.41) is 6.17. The van der Waals surface area contributed by atoms with Gasteiger partial charge < -0.3 is 10.6 Å². The monoisotopic (exact) mass is 308 g/mol. The number of anilines is 1. The summed E-state index contributed by atoms with van der Waals surface area (Å²) < 4.78 is 0. The topological polar surface area (TPSA) is 41.1 Å². The molecule has 2 aromatic rings. The first-order chi connectivity index (χ1) is 11.1. The van der Waals surface area contributed by atoms with E-state index in [0.29, 0.717) is 13.1 Å². The van der Waals surface area contributed by atoms with E-state index < -0.39 is 0 Å². The van der Waals surface area contributed by atoms with Gasteiger partial charge in [0.2, 0.25) is 5.91 Å². The normalized spacial score (nSPS) is 11.3. The summed E-state index contributed by atoms with van der Waals surface area (Å²) in [6, 6.07) is 16.2. The van der Waals surface area contributed by atoms with Gasteiger partial charge in [0.25, 0.3) is 0 Å². The first kappa shape index (κ1) is 17.0. The van der Waals surface area contributed by atoms with Crippen molar-refractivity contribution in [2.75, 3.05) is 18.4 Å². The van der Waals surface area contributed by atoms with Crippen LogP contribution in [-0.2, 0) is 4.79 Å². The zero-order chi connectivity index (χ0) is 16.7. The van der Waals surface area contributed by atoms with Crippen LogP contribution >= 0.6 is 0 Å². The maximum Gasteiger partial charge on any atom is 0.238 e. The smallest absolute Gasteiger partial charge is 0.238 e. The number of benzene rings is 2. The van der Waals surface area contributed by atoms with E-state index >= 15 is 0 Å². The number of carbonyl (C=O) groups excluding carboxylic acids is 1. The predicted molar refractivity (Wildman–Crippen MR) is 97.5 cm³/mol. The SMILES string of the molecule is C/C(=C/c1ccccc1)CNCC(=O)Nc1c(C)cccc1C. The zero-order valence-electron chi connectivity index (χ0n) is 14.0. The Hall–Kier alpha value is -2.39. The summed E-state index contributed by atoms with van der Waals surface area (Å²) in [6.45, 7) is 7.05. The summed E-state index contributed by atoms with van der Waals surface area (Å²) in [4.78, 5) is 12.1. The van der Waals surface area contributed by atoms with Crippen molar-refractivity contribution < 1.29 is 4.79 Å². The van der Waals surface area contributed by atoms with Gasteiger partial charge >= 0.3 is 0 Å².